The fraction of sp³-hybridized carbons (Fsp3) is 0. The Balaban J connectivity index is 2.20. The highest BCUT2D eigenvalue weighted by Crippen LogP contribution is 2.28. The monoisotopic (exact) mass is 279 g/mol. The fourth-order valence-corrected chi connectivity index (χ4v) is 2.28. The lowest BCUT2D eigenvalue weighted by atomic mass is 10.1. The minimum atomic E-state index is 0.335. The highest BCUT2D eigenvalue weighted by atomic mass is 32.1. The van der Waals surface area contributed by atoms with E-state index in [1.807, 2.05) is 54.6 Å². The minimum absolute atomic E-state index is 0.335. The Kier molecular flexibility index (Phi) is 3.31. The topological polar surface area (TPSA) is 50.9 Å². The third kappa shape index (κ3) is 2.33. The zero-order valence-electron chi connectivity index (χ0n) is 10.7. The van der Waals surface area contributed by atoms with Gasteiger partial charge in [-0.25, -0.2) is 0 Å². The van der Waals surface area contributed by atoms with Crippen molar-refractivity contribution in [3.05, 3.63) is 66.4 Å². The van der Waals surface area contributed by atoms with Crippen LogP contribution >= 0.6 is 12.2 Å². The molecule has 1 heterocycles. The van der Waals surface area contributed by atoms with Crippen LogP contribution in [0.25, 0.3) is 10.9 Å². The first-order valence-electron chi connectivity index (χ1n) is 6.25. The van der Waals surface area contributed by atoms with E-state index in [1.54, 1.807) is 6.20 Å². The van der Waals surface area contributed by atoms with Gasteiger partial charge in [0.15, 0.2) is 0 Å². The number of benzene rings is 2. The van der Waals surface area contributed by atoms with Gasteiger partial charge >= 0.3 is 0 Å². The van der Waals surface area contributed by atoms with E-state index in [1.165, 1.54) is 0 Å². The van der Waals surface area contributed by atoms with Crippen molar-refractivity contribution in [2.45, 2.75) is 0 Å². The molecule has 0 aliphatic rings. The van der Waals surface area contributed by atoms with Crippen LogP contribution in [0.3, 0.4) is 0 Å². The van der Waals surface area contributed by atoms with Gasteiger partial charge in [0.2, 0.25) is 0 Å². The zero-order chi connectivity index (χ0) is 13.9. The highest BCUT2D eigenvalue weighted by molar-refractivity contribution is 7.80. The normalized spacial score (nSPS) is 10.4. The molecule has 1 aromatic heterocycles. The lowest BCUT2D eigenvalue weighted by molar-refractivity contribution is 1.38. The van der Waals surface area contributed by atoms with Gasteiger partial charge in [-0.1, -0.05) is 48.6 Å². The number of nitrogens with one attached hydrogen (secondary N) is 1. The Morgan fingerprint density at radius 1 is 1.00 bits per heavy atom. The van der Waals surface area contributed by atoms with Gasteiger partial charge in [0, 0.05) is 17.3 Å². The number of fused-ring (bicyclic) bond motifs is 1. The predicted molar refractivity (Wildman–Crippen MR) is 87.4 cm³/mol. The van der Waals surface area contributed by atoms with Crippen LogP contribution in [0.2, 0.25) is 0 Å². The Labute approximate surface area is 122 Å². The van der Waals surface area contributed by atoms with Gasteiger partial charge < -0.3 is 11.1 Å². The van der Waals surface area contributed by atoms with Crippen molar-refractivity contribution in [3.63, 3.8) is 0 Å². The second-order valence-corrected chi connectivity index (χ2v) is 4.86. The molecule has 0 saturated heterocycles. The number of nitrogens with two attached hydrogens (primary N) is 1. The quantitative estimate of drug-likeness (QED) is 0.719. The maximum absolute atomic E-state index is 5.81. The second-order valence-electron chi connectivity index (χ2n) is 4.42. The molecule has 98 valence electrons. The van der Waals surface area contributed by atoms with E-state index in [9.17, 15) is 0 Å². The molecule has 0 aliphatic heterocycles. The van der Waals surface area contributed by atoms with E-state index in [0.717, 1.165) is 27.8 Å². The molecule has 0 spiro atoms. The van der Waals surface area contributed by atoms with Crippen molar-refractivity contribution in [1.29, 1.82) is 0 Å². The zero-order valence-corrected chi connectivity index (χ0v) is 11.5. The number of rotatable bonds is 3. The van der Waals surface area contributed by atoms with E-state index < -0.39 is 0 Å². The molecule has 0 saturated carbocycles. The first-order valence-corrected chi connectivity index (χ1v) is 6.66. The van der Waals surface area contributed by atoms with Gasteiger partial charge in [0.25, 0.3) is 0 Å². The summed E-state index contributed by atoms with van der Waals surface area (Å²) in [6, 6.07) is 17.8. The Hall–Kier alpha value is -2.46. The molecule has 2 aromatic carbocycles. The summed E-state index contributed by atoms with van der Waals surface area (Å²) < 4.78 is 0. The molecule has 0 bridgehead atoms. The molecule has 0 aliphatic carbocycles. The SMILES string of the molecule is NC(=S)c1cnc2ccccc2c1Nc1ccccc1. The molecule has 3 aromatic rings. The Morgan fingerprint density at radius 3 is 2.45 bits per heavy atom. The van der Waals surface area contributed by atoms with Crippen molar-refractivity contribution in [1.82, 2.24) is 4.98 Å². The summed E-state index contributed by atoms with van der Waals surface area (Å²) in [5.41, 5.74) is 9.36. The van der Waals surface area contributed by atoms with E-state index in [0.29, 0.717) is 4.99 Å². The molecule has 3 N–H and O–H groups in total. The van der Waals surface area contributed by atoms with Gasteiger partial charge in [-0.2, -0.15) is 0 Å². The van der Waals surface area contributed by atoms with Gasteiger partial charge in [0.1, 0.15) is 4.99 Å². The number of anilines is 2. The van der Waals surface area contributed by atoms with Crippen LogP contribution in [0, 0.1) is 0 Å². The molecule has 3 rings (SSSR count). The summed E-state index contributed by atoms with van der Waals surface area (Å²) in [6.07, 6.45) is 1.72. The lowest BCUT2D eigenvalue weighted by Gasteiger charge is -2.13. The van der Waals surface area contributed by atoms with Crippen LogP contribution in [0.4, 0.5) is 11.4 Å². The molecule has 0 amide bonds. The van der Waals surface area contributed by atoms with Crippen LogP contribution < -0.4 is 11.1 Å². The number of pyridine rings is 1. The maximum Gasteiger partial charge on any atom is 0.107 e. The summed E-state index contributed by atoms with van der Waals surface area (Å²) >= 11 is 5.13. The molecular formula is C16H13N3S. The molecule has 4 heteroatoms. The van der Waals surface area contributed by atoms with Crippen molar-refractivity contribution in [2.75, 3.05) is 5.32 Å². The predicted octanol–water partition coefficient (Wildman–Crippen LogP) is 3.61. The number of nitrogens with zero attached hydrogens (tertiary/aromatic N) is 1. The van der Waals surface area contributed by atoms with Gasteiger partial charge in [0.05, 0.1) is 16.8 Å². The van der Waals surface area contributed by atoms with Crippen molar-refractivity contribution in [3.8, 4) is 0 Å². The molecule has 0 unspecified atom stereocenters. The highest BCUT2D eigenvalue weighted by Gasteiger charge is 2.10. The fourth-order valence-electron chi connectivity index (χ4n) is 2.13. The van der Waals surface area contributed by atoms with E-state index in [4.69, 9.17) is 18.0 Å². The van der Waals surface area contributed by atoms with Crippen LogP contribution in [0.1, 0.15) is 5.56 Å². The van der Waals surface area contributed by atoms with Gasteiger partial charge in [-0.05, 0) is 18.2 Å². The summed E-state index contributed by atoms with van der Waals surface area (Å²) in [5, 5.41) is 4.39. The summed E-state index contributed by atoms with van der Waals surface area (Å²) in [7, 11) is 0. The van der Waals surface area contributed by atoms with Gasteiger partial charge in [-0.15, -0.1) is 0 Å². The summed E-state index contributed by atoms with van der Waals surface area (Å²) in [4.78, 5) is 4.73. The lowest BCUT2D eigenvalue weighted by Crippen LogP contribution is -2.12. The molecular weight excluding hydrogens is 266 g/mol. The number of hydrogen-bond donors (Lipinski definition) is 2. The summed E-state index contributed by atoms with van der Waals surface area (Å²) in [5.74, 6) is 0. The first kappa shape index (κ1) is 12.6. The first-order chi connectivity index (χ1) is 9.75. The average Bonchev–Trinajstić information content (AvgIpc) is 2.48. The number of hydrogen-bond acceptors (Lipinski definition) is 3. The third-order valence-corrected chi connectivity index (χ3v) is 3.30. The average molecular weight is 279 g/mol. The molecule has 0 fully saturated rings. The van der Waals surface area contributed by atoms with Crippen molar-refractivity contribution >= 4 is 39.5 Å². The van der Waals surface area contributed by atoms with Crippen LogP contribution in [-0.2, 0) is 0 Å². The van der Waals surface area contributed by atoms with E-state index >= 15 is 0 Å². The van der Waals surface area contributed by atoms with Crippen LogP contribution in [0.15, 0.2) is 60.8 Å². The van der Waals surface area contributed by atoms with E-state index in [2.05, 4.69) is 10.3 Å². The number of aromatic nitrogens is 1. The van der Waals surface area contributed by atoms with E-state index in [-0.39, 0.29) is 0 Å². The molecule has 3 nitrogen and oxygen atoms in total. The van der Waals surface area contributed by atoms with Gasteiger partial charge in [-0.3, -0.25) is 4.98 Å². The second kappa shape index (κ2) is 5.27. The summed E-state index contributed by atoms with van der Waals surface area (Å²) in [6.45, 7) is 0. The van der Waals surface area contributed by atoms with Crippen molar-refractivity contribution < 1.29 is 0 Å². The minimum Gasteiger partial charge on any atom is -0.389 e. The third-order valence-electron chi connectivity index (χ3n) is 3.08. The van der Waals surface area contributed by atoms with Crippen LogP contribution in [0.5, 0.6) is 0 Å². The Morgan fingerprint density at radius 2 is 1.70 bits per heavy atom. The van der Waals surface area contributed by atoms with Crippen molar-refractivity contribution in [2.24, 2.45) is 5.73 Å². The number of thiocarbonyl (C=S) groups is 1. The Bertz CT molecular complexity index is 769. The largest absolute Gasteiger partial charge is 0.389 e. The van der Waals surface area contributed by atoms with Crippen LogP contribution in [-0.4, -0.2) is 9.97 Å². The molecule has 0 radical (unpaired) electrons. The number of para-hydroxylation sites is 2. The molecule has 0 atom stereocenters. The molecule has 20 heavy (non-hydrogen) atoms. The standard InChI is InChI=1S/C16H13N3S/c17-16(20)13-10-18-14-9-5-4-8-12(14)15(13)19-11-6-2-1-3-7-11/h1-10H,(H2,17,20)(H,18,19). The smallest absolute Gasteiger partial charge is 0.107 e. The maximum atomic E-state index is 5.81.